The van der Waals surface area contributed by atoms with Gasteiger partial charge in [-0.1, -0.05) is 11.3 Å². The van der Waals surface area contributed by atoms with Crippen LogP contribution in [0.4, 0.5) is 5.13 Å². The summed E-state index contributed by atoms with van der Waals surface area (Å²) in [4.78, 5) is 26.8. The van der Waals surface area contributed by atoms with Crippen molar-refractivity contribution in [3.63, 3.8) is 0 Å². The number of thiazole rings is 1. The summed E-state index contributed by atoms with van der Waals surface area (Å²) in [6.45, 7) is 2.55. The van der Waals surface area contributed by atoms with Crippen molar-refractivity contribution in [1.29, 1.82) is 0 Å². The molecule has 3 aromatic rings. The first-order valence-corrected chi connectivity index (χ1v) is 11.4. The van der Waals surface area contributed by atoms with Crippen LogP contribution in [0.5, 0.6) is 0 Å². The Balaban J connectivity index is 1.42. The monoisotopic (exact) mass is 431 g/mol. The maximum atomic E-state index is 12.8. The fraction of sp³-hybridized carbons (Fsp3) is 0.316. The normalized spacial score (nSPS) is 15.3. The van der Waals surface area contributed by atoms with Gasteiger partial charge in [0.05, 0.1) is 4.90 Å². The van der Waals surface area contributed by atoms with Crippen LogP contribution in [0.1, 0.15) is 10.4 Å². The first kappa shape index (κ1) is 19.7. The number of fused-ring (bicyclic) bond motifs is 1. The topological polar surface area (TPSA) is 86.7 Å². The number of nitrogens with zero attached hydrogens (tertiary/aromatic N) is 5. The Morgan fingerprint density at radius 1 is 1.07 bits per heavy atom. The molecule has 0 aliphatic carbocycles. The smallest absolute Gasteiger partial charge is 0.253 e. The summed E-state index contributed by atoms with van der Waals surface area (Å²) in [5.41, 5.74) is 1.37. The van der Waals surface area contributed by atoms with Gasteiger partial charge in [-0.05, 0) is 36.4 Å². The number of aromatic nitrogens is 2. The Morgan fingerprint density at radius 3 is 2.38 bits per heavy atom. The van der Waals surface area contributed by atoms with E-state index >= 15 is 0 Å². The molecule has 1 amide bonds. The second-order valence-corrected chi connectivity index (χ2v) is 10.0. The number of carbonyl (C=O) groups is 1. The molecule has 0 saturated carbocycles. The van der Waals surface area contributed by atoms with Crippen molar-refractivity contribution >= 4 is 42.7 Å². The Labute approximate surface area is 173 Å². The lowest BCUT2D eigenvalue weighted by Crippen LogP contribution is -2.48. The molecule has 1 aliphatic heterocycles. The molecule has 1 fully saturated rings. The molecule has 2 aromatic heterocycles. The van der Waals surface area contributed by atoms with Crippen LogP contribution in [0.25, 0.3) is 10.3 Å². The van der Waals surface area contributed by atoms with E-state index < -0.39 is 10.0 Å². The first-order chi connectivity index (χ1) is 13.9. The number of piperazine rings is 1. The fourth-order valence-electron chi connectivity index (χ4n) is 3.16. The SMILES string of the molecule is CN(C)S(=O)(=O)c1ccc(C(=O)N2CCN(c3nc4cccnc4s3)CC2)cc1. The molecule has 152 valence electrons. The van der Waals surface area contributed by atoms with Crippen molar-refractivity contribution in [2.45, 2.75) is 4.90 Å². The van der Waals surface area contributed by atoms with E-state index in [2.05, 4.69) is 14.9 Å². The van der Waals surface area contributed by atoms with Crippen LogP contribution in [-0.2, 0) is 10.0 Å². The molecule has 0 N–H and O–H groups in total. The Hall–Kier alpha value is -2.56. The molecule has 10 heteroatoms. The van der Waals surface area contributed by atoms with Crippen molar-refractivity contribution in [2.24, 2.45) is 0 Å². The standard InChI is InChI=1S/C19H21N5O3S2/c1-22(2)29(26,27)15-7-5-14(6-8-15)18(25)23-10-12-24(13-11-23)19-21-16-4-3-9-20-17(16)28-19/h3-9H,10-13H2,1-2H3. The molecule has 0 atom stereocenters. The van der Waals surface area contributed by atoms with E-state index in [9.17, 15) is 13.2 Å². The largest absolute Gasteiger partial charge is 0.344 e. The number of carbonyl (C=O) groups excluding carboxylic acids is 1. The number of benzene rings is 1. The van der Waals surface area contributed by atoms with Crippen LogP contribution in [0.3, 0.4) is 0 Å². The van der Waals surface area contributed by atoms with Gasteiger partial charge in [0.15, 0.2) is 5.13 Å². The van der Waals surface area contributed by atoms with E-state index in [1.807, 2.05) is 12.1 Å². The van der Waals surface area contributed by atoms with Crippen molar-refractivity contribution < 1.29 is 13.2 Å². The molecule has 0 unspecified atom stereocenters. The minimum absolute atomic E-state index is 0.0931. The van der Waals surface area contributed by atoms with Crippen molar-refractivity contribution in [1.82, 2.24) is 19.2 Å². The summed E-state index contributed by atoms with van der Waals surface area (Å²) in [6, 6.07) is 9.92. The highest BCUT2D eigenvalue weighted by molar-refractivity contribution is 7.89. The van der Waals surface area contributed by atoms with Crippen LogP contribution in [-0.4, -0.2) is 73.8 Å². The Bertz CT molecular complexity index is 1100. The number of hydrogen-bond donors (Lipinski definition) is 0. The zero-order valence-corrected chi connectivity index (χ0v) is 17.8. The van der Waals surface area contributed by atoms with E-state index in [-0.39, 0.29) is 10.8 Å². The summed E-state index contributed by atoms with van der Waals surface area (Å²) < 4.78 is 25.5. The predicted molar refractivity (Wildman–Crippen MR) is 113 cm³/mol. The lowest BCUT2D eigenvalue weighted by atomic mass is 10.2. The van der Waals surface area contributed by atoms with Crippen molar-refractivity contribution in [3.8, 4) is 0 Å². The average molecular weight is 432 g/mol. The van der Waals surface area contributed by atoms with E-state index in [0.717, 1.165) is 19.8 Å². The molecule has 4 rings (SSSR count). The Kier molecular flexibility index (Phi) is 5.24. The molecule has 3 heterocycles. The van der Waals surface area contributed by atoms with Gasteiger partial charge in [0.2, 0.25) is 10.0 Å². The highest BCUT2D eigenvalue weighted by atomic mass is 32.2. The third-order valence-corrected chi connectivity index (χ3v) is 7.74. The zero-order chi connectivity index (χ0) is 20.6. The van der Waals surface area contributed by atoms with Crippen LogP contribution in [0, 0.1) is 0 Å². The van der Waals surface area contributed by atoms with Gasteiger partial charge >= 0.3 is 0 Å². The average Bonchev–Trinajstić information content (AvgIpc) is 3.17. The van der Waals surface area contributed by atoms with E-state index in [4.69, 9.17) is 0 Å². The number of hydrogen-bond acceptors (Lipinski definition) is 7. The summed E-state index contributed by atoms with van der Waals surface area (Å²) in [5.74, 6) is -0.0931. The lowest BCUT2D eigenvalue weighted by molar-refractivity contribution is 0.0746. The maximum Gasteiger partial charge on any atom is 0.253 e. The summed E-state index contributed by atoms with van der Waals surface area (Å²) in [6.07, 6.45) is 1.76. The number of rotatable bonds is 4. The highest BCUT2D eigenvalue weighted by Crippen LogP contribution is 2.27. The molecule has 0 spiro atoms. The lowest BCUT2D eigenvalue weighted by Gasteiger charge is -2.34. The number of anilines is 1. The van der Waals surface area contributed by atoms with E-state index in [1.165, 1.54) is 26.2 Å². The van der Waals surface area contributed by atoms with Crippen LogP contribution in [0.15, 0.2) is 47.5 Å². The molecule has 8 nitrogen and oxygen atoms in total. The molecular weight excluding hydrogens is 410 g/mol. The quantitative estimate of drug-likeness (QED) is 0.627. The minimum atomic E-state index is -3.50. The molecule has 0 radical (unpaired) electrons. The van der Waals surface area contributed by atoms with Gasteiger partial charge in [0.1, 0.15) is 10.3 Å². The molecule has 29 heavy (non-hydrogen) atoms. The summed E-state index contributed by atoms with van der Waals surface area (Å²) in [7, 11) is -0.539. The molecule has 1 aliphatic rings. The number of amides is 1. The van der Waals surface area contributed by atoms with E-state index in [0.29, 0.717) is 31.7 Å². The van der Waals surface area contributed by atoms with Gasteiger partial charge in [-0.25, -0.2) is 22.7 Å². The van der Waals surface area contributed by atoms with Crippen LogP contribution >= 0.6 is 11.3 Å². The van der Waals surface area contributed by atoms with Crippen LogP contribution in [0.2, 0.25) is 0 Å². The van der Waals surface area contributed by atoms with E-state index in [1.54, 1.807) is 34.6 Å². The number of sulfonamides is 1. The van der Waals surface area contributed by atoms with Gasteiger partial charge in [-0.3, -0.25) is 4.79 Å². The zero-order valence-electron chi connectivity index (χ0n) is 16.1. The Morgan fingerprint density at radius 2 is 1.76 bits per heavy atom. The van der Waals surface area contributed by atoms with Gasteiger partial charge in [-0.15, -0.1) is 0 Å². The second-order valence-electron chi connectivity index (χ2n) is 6.92. The molecule has 1 saturated heterocycles. The predicted octanol–water partition coefficient (Wildman–Crippen LogP) is 1.90. The highest BCUT2D eigenvalue weighted by Gasteiger charge is 2.25. The third kappa shape index (κ3) is 3.83. The number of pyridine rings is 1. The second kappa shape index (κ2) is 7.69. The van der Waals surface area contributed by atoms with Crippen molar-refractivity contribution in [3.05, 3.63) is 48.2 Å². The fourth-order valence-corrected chi connectivity index (χ4v) is 5.02. The van der Waals surface area contributed by atoms with Gasteiger partial charge in [0.25, 0.3) is 5.91 Å². The maximum absolute atomic E-state index is 12.8. The summed E-state index contributed by atoms with van der Waals surface area (Å²) >= 11 is 1.56. The minimum Gasteiger partial charge on any atom is -0.344 e. The van der Waals surface area contributed by atoms with Crippen LogP contribution < -0.4 is 4.90 Å². The van der Waals surface area contributed by atoms with Gasteiger partial charge in [0, 0.05) is 52.0 Å². The van der Waals surface area contributed by atoms with Gasteiger partial charge in [-0.2, -0.15) is 0 Å². The molecular formula is C19H21N5O3S2. The summed E-state index contributed by atoms with van der Waals surface area (Å²) in [5, 5.41) is 0.920. The molecule has 0 bridgehead atoms. The van der Waals surface area contributed by atoms with Gasteiger partial charge < -0.3 is 9.80 Å². The first-order valence-electron chi connectivity index (χ1n) is 9.14. The third-order valence-electron chi connectivity index (χ3n) is 4.87. The van der Waals surface area contributed by atoms with Crippen molar-refractivity contribution in [2.75, 3.05) is 45.2 Å². The molecule has 1 aromatic carbocycles.